The molecule has 0 fully saturated rings. The SMILES string of the molecule is Cc1ccc(NC(=O)/C(C#N)=C/c2cc(Br)ccc2OCc2ccc(F)cc2)c(C)c1. The summed E-state index contributed by atoms with van der Waals surface area (Å²) in [7, 11) is 0. The molecule has 6 heteroatoms. The van der Waals surface area contributed by atoms with Gasteiger partial charge >= 0.3 is 0 Å². The summed E-state index contributed by atoms with van der Waals surface area (Å²) in [5.41, 5.74) is 3.97. The summed E-state index contributed by atoms with van der Waals surface area (Å²) in [6.07, 6.45) is 1.49. The van der Waals surface area contributed by atoms with E-state index in [0.29, 0.717) is 17.0 Å². The van der Waals surface area contributed by atoms with Gasteiger partial charge in [-0.25, -0.2) is 4.39 Å². The van der Waals surface area contributed by atoms with E-state index in [9.17, 15) is 14.4 Å². The van der Waals surface area contributed by atoms with Crippen molar-refractivity contribution < 1.29 is 13.9 Å². The third kappa shape index (κ3) is 6.03. The van der Waals surface area contributed by atoms with Crippen LogP contribution in [0.25, 0.3) is 6.08 Å². The van der Waals surface area contributed by atoms with Crippen molar-refractivity contribution in [3.8, 4) is 11.8 Å². The van der Waals surface area contributed by atoms with Crippen LogP contribution in [0.5, 0.6) is 5.75 Å². The second-order valence-electron chi connectivity index (χ2n) is 7.04. The minimum Gasteiger partial charge on any atom is -0.488 e. The first-order valence-corrected chi connectivity index (χ1v) is 10.3. The normalized spacial score (nSPS) is 11.0. The molecule has 0 aliphatic rings. The highest BCUT2D eigenvalue weighted by molar-refractivity contribution is 9.10. The minimum atomic E-state index is -0.501. The zero-order valence-electron chi connectivity index (χ0n) is 17.1. The number of aryl methyl sites for hydroxylation is 2. The van der Waals surface area contributed by atoms with Crippen molar-refractivity contribution in [3.63, 3.8) is 0 Å². The number of ether oxygens (including phenoxy) is 1. The van der Waals surface area contributed by atoms with Gasteiger partial charge in [-0.2, -0.15) is 5.26 Å². The lowest BCUT2D eigenvalue weighted by Gasteiger charge is -2.11. The topological polar surface area (TPSA) is 62.1 Å². The molecule has 0 saturated heterocycles. The molecule has 0 saturated carbocycles. The Hall–Kier alpha value is -3.43. The average Bonchev–Trinajstić information content (AvgIpc) is 2.74. The number of nitrogens with one attached hydrogen (secondary N) is 1. The fourth-order valence-electron chi connectivity index (χ4n) is 2.95. The van der Waals surface area contributed by atoms with Gasteiger partial charge in [0.25, 0.3) is 5.91 Å². The fraction of sp³-hybridized carbons (Fsp3) is 0.120. The Balaban J connectivity index is 1.83. The third-order valence-corrected chi connectivity index (χ3v) is 5.07. The van der Waals surface area contributed by atoms with Crippen molar-refractivity contribution in [3.05, 3.63) is 98.8 Å². The zero-order chi connectivity index (χ0) is 22.4. The standard InChI is InChI=1S/C25H20BrFN2O2/c1-16-3-9-23(17(2)11-16)29-25(30)20(14-28)12-19-13-21(26)6-10-24(19)31-15-18-4-7-22(27)8-5-18/h3-13H,15H2,1-2H3,(H,29,30)/b20-12+. The van der Waals surface area contributed by atoms with Gasteiger partial charge in [-0.15, -0.1) is 0 Å². The van der Waals surface area contributed by atoms with Crippen LogP contribution in [-0.2, 0) is 11.4 Å². The Bertz CT molecular complexity index is 1180. The molecule has 0 atom stereocenters. The Labute approximate surface area is 189 Å². The number of hydrogen-bond donors (Lipinski definition) is 1. The summed E-state index contributed by atoms with van der Waals surface area (Å²) in [6, 6.07) is 19.0. The van der Waals surface area contributed by atoms with E-state index in [1.54, 1.807) is 30.3 Å². The molecule has 31 heavy (non-hydrogen) atoms. The van der Waals surface area contributed by atoms with E-state index in [1.165, 1.54) is 18.2 Å². The summed E-state index contributed by atoms with van der Waals surface area (Å²) in [6.45, 7) is 4.09. The maximum Gasteiger partial charge on any atom is 0.266 e. The van der Waals surface area contributed by atoms with E-state index in [-0.39, 0.29) is 18.0 Å². The monoisotopic (exact) mass is 478 g/mol. The Morgan fingerprint density at radius 1 is 1.13 bits per heavy atom. The molecule has 0 spiro atoms. The summed E-state index contributed by atoms with van der Waals surface area (Å²) in [5, 5.41) is 12.4. The maximum absolute atomic E-state index is 13.1. The number of benzene rings is 3. The van der Waals surface area contributed by atoms with Crippen LogP contribution < -0.4 is 10.1 Å². The van der Waals surface area contributed by atoms with Crippen molar-refractivity contribution in [2.24, 2.45) is 0 Å². The van der Waals surface area contributed by atoms with Crippen LogP contribution >= 0.6 is 15.9 Å². The molecular weight excluding hydrogens is 459 g/mol. The number of rotatable bonds is 6. The van der Waals surface area contributed by atoms with Gasteiger partial charge in [-0.05, 0) is 67.4 Å². The molecule has 0 aliphatic heterocycles. The number of amides is 1. The van der Waals surface area contributed by atoms with Crippen molar-refractivity contribution in [2.75, 3.05) is 5.32 Å². The zero-order valence-corrected chi connectivity index (χ0v) is 18.7. The van der Waals surface area contributed by atoms with E-state index < -0.39 is 5.91 Å². The van der Waals surface area contributed by atoms with E-state index in [2.05, 4.69) is 21.2 Å². The Kier molecular flexibility index (Phi) is 7.22. The molecule has 3 rings (SSSR count). The largest absolute Gasteiger partial charge is 0.488 e. The Morgan fingerprint density at radius 3 is 2.55 bits per heavy atom. The lowest BCUT2D eigenvalue weighted by molar-refractivity contribution is -0.112. The molecule has 0 bridgehead atoms. The first-order chi connectivity index (χ1) is 14.9. The molecule has 0 heterocycles. The number of hydrogen-bond acceptors (Lipinski definition) is 3. The smallest absolute Gasteiger partial charge is 0.266 e. The van der Waals surface area contributed by atoms with Gasteiger partial charge in [0.05, 0.1) is 0 Å². The molecule has 156 valence electrons. The third-order valence-electron chi connectivity index (χ3n) is 4.57. The van der Waals surface area contributed by atoms with Crippen LogP contribution in [0.4, 0.5) is 10.1 Å². The molecule has 0 unspecified atom stereocenters. The maximum atomic E-state index is 13.1. The van der Waals surface area contributed by atoms with Crippen LogP contribution in [0.2, 0.25) is 0 Å². The number of nitrogens with zero attached hydrogens (tertiary/aromatic N) is 1. The molecule has 0 aliphatic carbocycles. The molecule has 0 aromatic heterocycles. The predicted molar refractivity (Wildman–Crippen MR) is 123 cm³/mol. The highest BCUT2D eigenvalue weighted by Gasteiger charge is 2.13. The second kappa shape index (κ2) is 10.1. The quantitative estimate of drug-likeness (QED) is 0.332. The van der Waals surface area contributed by atoms with Crippen LogP contribution in [0.15, 0.2) is 70.7 Å². The van der Waals surface area contributed by atoms with Gasteiger partial charge in [-0.1, -0.05) is 45.8 Å². The van der Waals surface area contributed by atoms with Crippen LogP contribution in [0.1, 0.15) is 22.3 Å². The highest BCUT2D eigenvalue weighted by atomic mass is 79.9. The average molecular weight is 479 g/mol. The van der Waals surface area contributed by atoms with Gasteiger partial charge < -0.3 is 10.1 Å². The van der Waals surface area contributed by atoms with Crippen LogP contribution in [0.3, 0.4) is 0 Å². The van der Waals surface area contributed by atoms with Gasteiger partial charge in [0, 0.05) is 15.7 Å². The summed E-state index contributed by atoms with van der Waals surface area (Å²) in [5.74, 6) is -0.317. The van der Waals surface area contributed by atoms with E-state index in [0.717, 1.165) is 21.2 Å². The number of carbonyl (C=O) groups is 1. The van der Waals surface area contributed by atoms with Crippen molar-refractivity contribution in [1.29, 1.82) is 5.26 Å². The van der Waals surface area contributed by atoms with Gasteiger partial charge in [0.15, 0.2) is 0 Å². The first kappa shape index (κ1) is 22.3. The number of nitriles is 1. The lowest BCUT2D eigenvalue weighted by atomic mass is 10.1. The van der Waals surface area contributed by atoms with Crippen molar-refractivity contribution in [2.45, 2.75) is 20.5 Å². The second-order valence-corrected chi connectivity index (χ2v) is 7.96. The minimum absolute atomic E-state index is 0.0512. The summed E-state index contributed by atoms with van der Waals surface area (Å²) < 4.78 is 19.7. The van der Waals surface area contributed by atoms with Gasteiger partial charge in [-0.3, -0.25) is 4.79 Å². The molecule has 3 aromatic carbocycles. The molecule has 1 N–H and O–H groups in total. The molecule has 0 radical (unpaired) electrons. The summed E-state index contributed by atoms with van der Waals surface area (Å²) in [4.78, 5) is 12.7. The van der Waals surface area contributed by atoms with Crippen molar-refractivity contribution >= 4 is 33.6 Å². The van der Waals surface area contributed by atoms with E-state index in [4.69, 9.17) is 4.74 Å². The molecule has 4 nitrogen and oxygen atoms in total. The number of halogens is 2. The first-order valence-electron chi connectivity index (χ1n) is 9.53. The molecular formula is C25H20BrFN2O2. The van der Waals surface area contributed by atoms with Crippen LogP contribution in [-0.4, -0.2) is 5.91 Å². The highest BCUT2D eigenvalue weighted by Crippen LogP contribution is 2.27. The molecule has 1 amide bonds. The Morgan fingerprint density at radius 2 is 1.87 bits per heavy atom. The molecule has 3 aromatic rings. The number of anilines is 1. The van der Waals surface area contributed by atoms with E-state index in [1.807, 2.05) is 38.1 Å². The van der Waals surface area contributed by atoms with Crippen molar-refractivity contribution in [1.82, 2.24) is 0 Å². The fourth-order valence-corrected chi connectivity index (χ4v) is 3.33. The van der Waals surface area contributed by atoms with Crippen LogP contribution in [0, 0.1) is 31.0 Å². The van der Waals surface area contributed by atoms with Gasteiger partial charge in [0.2, 0.25) is 0 Å². The predicted octanol–water partition coefficient (Wildman–Crippen LogP) is 6.33. The lowest BCUT2D eigenvalue weighted by Crippen LogP contribution is -2.14. The summed E-state index contributed by atoms with van der Waals surface area (Å²) >= 11 is 3.41. The number of carbonyl (C=O) groups excluding carboxylic acids is 1. The van der Waals surface area contributed by atoms with E-state index >= 15 is 0 Å². The van der Waals surface area contributed by atoms with Gasteiger partial charge in [0.1, 0.15) is 29.8 Å².